The third-order valence-corrected chi connectivity index (χ3v) is 5.32. The van der Waals surface area contributed by atoms with Crippen LogP contribution in [0, 0.1) is 6.92 Å². The molecule has 4 nitrogen and oxygen atoms in total. The molecule has 0 amide bonds. The number of phenolic OH excluding ortho intramolecular Hbond substituents is 1. The molecule has 0 radical (unpaired) electrons. The third-order valence-electron chi connectivity index (χ3n) is 5.32. The first-order valence-electron chi connectivity index (χ1n) is 10.1. The molecule has 0 spiro atoms. The number of carboxylic acids is 1. The summed E-state index contributed by atoms with van der Waals surface area (Å²) in [5, 5.41) is 20.7. The largest absolute Gasteiger partial charge is 0.507 e. The predicted molar refractivity (Wildman–Crippen MR) is 123 cm³/mol. The van der Waals surface area contributed by atoms with Gasteiger partial charge >= 0.3 is 5.97 Å². The highest BCUT2D eigenvalue weighted by Crippen LogP contribution is 2.40. The van der Waals surface area contributed by atoms with E-state index >= 15 is 0 Å². The highest BCUT2D eigenvalue weighted by molar-refractivity contribution is 6.15. The van der Waals surface area contributed by atoms with Gasteiger partial charge in [-0.15, -0.1) is 0 Å². The van der Waals surface area contributed by atoms with Crippen molar-refractivity contribution in [2.75, 3.05) is 7.11 Å². The Morgan fingerprint density at radius 1 is 0.967 bits per heavy atom. The second-order valence-corrected chi connectivity index (χ2v) is 9.99. The highest BCUT2D eigenvalue weighted by atomic mass is 16.5. The van der Waals surface area contributed by atoms with Crippen molar-refractivity contribution >= 4 is 11.5 Å². The number of phenols is 1. The minimum Gasteiger partial charge on any atom is -0.507 e. The number of aromatic hydroxyl groups is 1. The van der Waals surface area contributed by atoms with Crippen LogP contribution in [0.1, 0.15) is 74.9 Å². The molecule has 0 heterocycles. The number of carboxylic acid groups (broad SMARTS) is 1. The van der Waals surface area contributed by atoms with E-state index in [0.717, 1.165) is 27.8 Å². The maximum atomic E-state index is 11.9. The van der Waals surface area contributed by atoms with Crippen molar-refractivity contribution in [3.63, 3.8) is 0 Å². The van der Waals surface area contributed by atoms with Crippen LogP contribution in [0.15, 0.2) is 30.8 Å². The van der Waals surface area contributed by atoms with Crippen molar-refractivity contribution in [1.82, 2.24) is 0 Å². The Balaban J connectivity index is 2.81. The van der Waals surface area contributed by atoms with E-state index in [9.17, 15) is 15.0 Å². The number of hydrogen-bond acceptors (Lipinski definition) is 3. The summed E-state index contributed by atoms with van der Waals surface area (Å²) in [5.41, 5.74) is 4.41. The SMILES string of the molecule is C=C(C(=O)O)c1c(Cc2cc(C)cc(C(C)(C)C)c2O)cc(OC)cc1C(C)(C)C. The van der Waals surface area contributed by atoms with Crippen LogP contribution >= 0.6 is 0 Å². The van der Waals surface area contributed by atoms with Crippen molar-refractivity contribution in [1.29, 1.82) is 0 Å². The summed E-state index contributed by atoms with van der Waals surface area (Å²) in [7, 11) is 1.60. The zero-order valence-electron chi connectivity index (χ0n) is 19.4. The lowest BCUT2D eigenvalue weighted by Gasteiger charge is -2.27. The zero-order chi connectivity index (χ0) is 23.0. The molecular formula is C26H34O4. The zero-order valence-corrected chi connectivity index (χ0v) is 19.4. The number of hydrogen-bond donors (Lipinski definition) is 2. The Hall–Kier alpha value is -2.75. The third kappa shape index (κ3) is 4.86. The Kier molecular flexibility index (Phi) is 6.41. The number of methoxy groups -OCH3 is 1. The first-order valence-corrected chi connectivity index (χ1v) is 10.1. The molecule has 0 aliphatic heterocycles. The summed E-state index contributed by atoms with van der Waals surface area (Å²) in [5.74, 6) is -0.157. The van der Waals surface area contributed by atoms with Gasteiger partial charge in [0.25, 0.3) is 0 Å². The summed E-state index contributed by atoms with van der Waals surface area (Å²) in [6.45, 7) is 18.1. The maximum absolute atomic E-state index is 11.9. The van der Waals surface area contributed by atoms with E-state index in [0.29, 0.717) is 17.7 Å². The van der Waals surface area contributed by atoms with Crippen molar-refractivity contribution < 1.29 is 19.7 Å². The van der Waals surface area contributed by atoms with E-state index in [4.69, 9.17) is 4.74 Å². The average Bonchev–Trinajstić information content (AvgIpc) is 2.61. The molecule has 0 unspecified atom stereocenters. The smallest absolute Gasteiger partial charge is 0.335 e. The van der Waals surface area contributed by atoms with Gasteiger partial charge in [-0.05, 0) is 57.7 Å². The van der Waals surface area contributed by atoms with Crippen LogP contribution in [0.3, 0.4) is 0 Å². The summed E-state index contributed by atoms with van der Waals surface area (Å²) in [4.78, 5) is 11.9. The molecule has 162 valence electrons. The van der Waals surface area contributed by atoms with E-state index in [1.165, 1.54) is 0 Å². The van der Waals surface area contributed by atoms with Gasteiger partial charge in [0.05, 0.1) is 12.7 Å². The number of benzene rings is 2. The first-order chi connectivity index (χ1) is 13.7. The molecule has 0 aliphatic carbocycles. The second-order valence-electron chi connectivity index (χ2n) is 9.99. The summed E-state index contributed by atoms with van der Waals surface area (Å²) in [6.07, 6.45) is 0.374. The Labute approximate surface area is 180 Å². The molecule has 4 heteroatoms. The molecule has 0 aromatic heterocycles. The molecule has 2 rings (SSSR count). The van der Waals surface area contributed by atoms with Crippen LogP contribution < -0.4 is 4.74 Å². The number of aryl methyl sites for hydroxylation is 1. The van der Waals surface area contributed by atoms with E-state index in [-0.39, 0.29) is 22.2 Å². The number of aliphatic carboxylic acids is 1. The molecule has 0 saturated heterocycles. The van der Waals surface area contributed by atoms with E-state index in [1.54, 1.807) is 7.11 Å². The fourth-order valence-corrected chi connectivity index (χ4v) is 3.75. The van der Waals surface area contributed by atoms with E-state index in [1.807, 2.05) is 52.0 Å². The quantitative estimate of drug-likeness (QED) is 0.594. The van der Waals surface area contributed by atoms with Gasteiger partial charge in [0.1, 0.15) is 11.5 Å². The lowest BCUT2D eigenvalue weighted by atomic mass is 9.78. The summed E-state index contributed by atoms with van der Waals surface area (Å²) < 4.78 is 5.52. The first kappa shape index (κ1) is 23.5. The maximum Gasteiger partial charge on any atom is 0.335 e. The summed E-state index contributed by atoms with van der Waals surface area (Å²) in [6, 6.07) is 7.68. The van der Waals surface area contributed by atoms with Crippen molar-refractivity contribution in [2.24, 2.45) is 0 Å². The lowest BCUT2D eigenvalue weighted by molar-refractivity contribution is -0.130. The van der Waals surface area contributed by atoms with Crippen LogP contribution in [0.25, 0.3) is 5.57 Å². The van der Waals surface area contributed by atoms with Crippen LogP contribution in [-0.2, 0) is 22.0 Å². The van der Waals surface area contributed by atoms with Gasteiger partial charge in [-0.25, -0.2) is 4.79 Å². The van der Waals surface area contributed by atoms with Crippen LogP contribution in [0.2, 0.25) is 0 Å². The minimum atomic E-state index is -1.06. The number of ether oxygens (including phenoxy) is 1. The Bertz CT molecular complexity index is 986. The minimum absolute atomic E-state index is 0.0424. The molecule has 0 atom stereocenters. The molecule has 2 aromatic carbocycles. The molecule has 2 aromatic rings. The fraction of sp³-hybridized carbons (Fsp3) is 0.423. The average molecular weight is 411 g/mol. The Morgan fingerprint density at radius 2 is 1.53 bits per heavy atom. The molecule has 2 N–H and O–H groups in total. The van der Waals surface area contributed by atoms with E-state index in [2.05, 4.69) is 27.4 Å². The molecule has 0 fully saturated rings. The molecule has 0 saturated carbocycles. The van der Waals surface area contributed by atoms with Gasteiger partial charge in [-0.3, -0.25) is 0 Å². The fourth-order valence-electron chi connectivity index (χ4n) is 3.75. The van der Waals surface area contributed by atoms with Gasteiger partial charge in [0.2, 0.25) is 0 Å². The molecule has 30 heavy (non-hydrogen) atoms. The van der Waals surface area contributed by atoms with Crippen molar-refractivity contribution in [3.05, 3.63) is 64.2 Å². The van der Waals surface area contributed by atoms with Crippen LogP contribution in [-0.4, -0.2) is 23.3 Å². The monoisotopic (exact) mass is 410 g/mol. The highest BCUT2D eigenvalue weighted by Gasteiger charge is 2.27. The van der Waals surface area contributed by atoms with Gasteiger partial charge in [-0.2, -0.15) is 0 Å². The predicted octanol–water partition coefficient (Wildman–Crippen LogP) is 5.99. The normalized spacial score (nSPS) is 12.0. The molecular weight excluding hydrogens is 376 g/mol. The lowest BCUT2D eigenvalue weighted by Crippen LogP contribution is -2.18. The number of carbonyl (C=O) groups is 1. The molecule has 0 aliphatic rings. The van der Waals surface area contributed by atoms with Gasteiger partial charge in [0, 0.05) is 6.42 Å². The van der Waals surface area contributed by atoms with Crippen molar-refractivity contribution in [2.45, 2.75) is 65.7 Å². The topological polar surface area (TPSA) is 66.8 Å². The standard InChI is InChI=1S/C26H34O4/c1-15-10-18(23(27)21(11-15)26(6,7)8)12-17-13-19(30-9)14-20(25(3,4)5)22(17)16(2)24(28)29/h10-11,13-14,27H,2,12H2,1,3-9H3,(H,28,29). The van der Waals surface area contributed by atoms with Gasteiger partial charge < -0.3 is 14.9 Å². The second kappa shape index (κ2) is 8.17. The van der Waals surface area contributed by atoms with Crippen LogP contribution in [0.4, 0.5) is 0 Å². The number of rotatable bonds is 5. The molecule has 0 bridgehead atoms. The van der Waals surface area contributed by atoms with Crippen LogP contribution in [0.5, 0.6) is 11.5 Å². The van der Waals surface area contributed by atoms with Gasteiger partial charge in [-0.1, -0.05) is 65.8 Å². The van der Waals surface area contributed by atoms with Gasteiger partial charge in [0.15, 0.2) is 0 Å². The van der Waals surface area contributed by atoms with Crippen molar-refractivity contribution in [3.8, 4) is 11.5 Å². The van der Waals surface area contributed by atoms with E-state index < -0.39 is 5.97 Å². The summed E-state index contributed by atoms with van der Waals surface area (Å²) >= 11 is 0. The Morgan fingerprint density at radius 3 is 2.00 bits per heavy atom.